The number of Topliss-reactive ketones (excluding diaryl/α,β-unsaturated/α-hetero) is 1. The summed E-state index contributed by atoms with van der Waals surface area (Å²) in [5.41, 5.74) is 2.69. The zero-order valence-electron chi connectivity index (χ0n) is 26.3. The number of halogens is 1. The second-order valence-corrected chi connectivity index (χ2v) is 12.7. The highest BCUT2D eigenvalue weighted by molar-refractivity contribution is 6.00. The molecule has 1 aliphatic rings. The van der Waals surface area contributed by atoms with Crippen LogP contribution < -0.4 is 0 Å². The molecule has 0 unspecified atom stereocenters. The van der Waals surface area contributed by atoms with E-state index in [0.29, 0.717) is 54.8 Å². The molecule has 7 nitrogen and oxygen atoms in total. The molecule has 0 radical (unpaired) electrons. The third kappa shape index (κ3) is 8.31. The molecule has 2 aromatic carbocycles. The van der Waals surface area contributed by atoms with Crippen molar-refractivity contribution in [3.8, 4) is 0 Å². The number of carbonyl (C=O) groups is 2. The molecular weight excluding hydrogens is 569 g/mol. The molecule has 0 saturated carbocycles. The number of carbonyl (C=O) groups excluding carboxylic acids is 2. The van der Waals surface area contributed by atoms with E-state index >= 15 is 0 Å². The van der Waals surface area contributed by atoms with Crippen LogP contribution in [0.2, 0.25) is 0 Å². The van der Waals surface area contributed by atoms with E-state index in [-0.39, 0.29) is 30.1 Å². The third-order valence-electron chi connectivity index (χ3n) is 8.65. The number of pyridine rings is 1. The molecule has 5 rings (SSSR count). The van der Waals surface area contributed by atoms with Crippen LogP contribution in [0.3, 0.4) is 0 Å². The van der Waals surface area contributed by atoms with Crippen LogP contribution in [0.15, 0.2) is 83.7 Å². The predicted octanol–water partition coefficient (Wildman–Crippen LogP) is 7.38. The van der Waals surface area contributed by atoms with Gasteiger partial charge in [0.25, 0.3) is 5.91 Å². The molecule has 236 valence electrons. The molecule has 1 saturated heterocycles. The number of benzene rings is 2. The number of aliphatic hydroxyl groups excluding tert-OH is 1. The van der Waals surface area contributed by atoms with Gasteiger partial charge < -0.3 is 14.4 Å². The van der Waals surface area contributed by atoms with Gasteiger partial charge in [0.15, 0.2) is 5.78 Å². The number of hydrogen-bond acceptors (Lipinski definition) is 6. The zero-order valence-corrected chi connectivity index (χ0v) is 26.3. The summed E-state index contributed by atoms with van der Waals surface area (Å²) >= 11 is 0. The standard InChI is InChI=1S/C37H42FN3O4/c1-25-24-45-35(40-25)32-15-9-17-41(32)36(44)29-14-8-13-28(20-29)34(43)21-30(18-26-10-5-4-6-11-26)33(42)16-7-12-27-19-31(23-39-22-27)37(2,3)38/h4-6,8,10-11,13-14,19-20,22-24,30,32-33,42H,7,9,12,15-18,21H2,1-3H3/t30-,32-,33-/m1/s1. The summed E-state index contributed by atoms with van der Waals surface area (Å²) in [5.74, 6) is -0.0464. The number of ketones is 1. The maximum atomic E-state index is 14.4. The second-order valence-electron chi connectivity index (χ2n) is 12.7. The van der Waals surface area contributed by atoms with Crippen molar-refractivity contribution in [1.82, 2.24) is 14.9 Å². The first-order valence-corrected chi connectivity index (χ1v) is 15.8. The molecule has 4 aromatic rings. The SMILES string of the molecule is Cc1coc([C@H]2CCCN2C(=O)c2cccc(C(=O)C[C@@H](Cc3ccccc3)[C@H](O)CCCc3cncc(C(C)(C)F)c3)c2)n1. The molecule has 3 atom stereocenters. The molecule has 1 fully saturated rings. The van der Waals surface area contributed by atoms with Crippen LogP contribution in [0, 0.1) is 12.8 Å². The molecular formula is C37H42FN3O4. The van der Waals surface area contributed by atoms with E-state index in [9.17, 15) is 19.1 Å². The predicted molar refractivity (Wildman–Crippen MR) is 171 cm³/mol. The highest BCUT2D eigenvalue weighted by atomic mass is 19.1. The van der Waals surface area contributed by atoms with Crippen molar-refractivity contribution in [3.05, 3.63) is 119 Å². The average molecular weight is 612 g/mol. The summed E-state index contributed by atoms with van der Waals surface area (Å²) in [6.45, 7) is 5.48. The van der Waals surface area contributed by atoms with Gasteiger partial charge in [0.1, 0.15) is 18.0 Å². The third-order valence-corrected chi connectivity index (χ3v) is 8.65. The Kier molecular flexibility index (Phi) is 10.2. The summed E-state index contributed by atoms with van der Waals surface area (Å²) in [4.78, 5) is 37.6. The first-order chi connectivity index (χ1) is 21.6. The fourth-order valence-electron chi connectivity index (χ4n) is 6.10. The maximum Gasteiger partial charge on any atom is 0.254 e. The summed E-state index contributed by atoms with van der Waals surface area (Å²) in [6.07, 6.45) is 8.28. The molecule has 8 heteroatoms. The van der Waals surface area contributed by atoms with Crippen molar-refractivity contribution in [3.63, 3.8) is 0 Å². The number of amides is 1. The van der Waals surface area contributed by atoms with E-state index in [1.54, 1.807) is 47.8 Å². The lowest BCUT2D eigenvalue weighted by Crippen LogP contribution is -2.31. The largest absolute Gasteiger partial charge is 0.446 e. The minimum Gasteiger partial charge on any atom is -0.446 e. The molecule has 3 heterocycles. The van der Waals surface area contributed by atoms with E-state index in [1.807, 2.05) is 43.3 Å². The lowest BCUT2D eigenvalue weighted by atomic mass is 9.85. The summed E-state index contributed by atoms with van der Waals surface area (Å²) in [6, 6.07) is 18.3. The Morgan fingerprint density at radius 2 is 1.84 bits per heavy atom. The Morgan fingerprint density at radius 3 is 2.58 bits per heavy atom. The van der Waals surface area contributed by atoms with E-state index in [2.05, 4.69) is 9.97 Å². The van der Waals surface area contributed by atoms with Gasteiger partial charge in [-0.25, -0.2) is 9.37 Å². The Labute approximate surface area is 264 Å². The molecule has 45 heavy (non-hydrogen) atoms. The van der Waals surface area contributed by atoms with Crippen molar-refractivity contribution >= 4 is 11.7 Å². The monoisotopic (exact) mass is 611 g/mol. The van der Waals surface area contributed by atoms with Crippen LogP contribution >= 0.6 is 0 Å². The number of aromatic nitrogens is 2. The lowest BCUT2D eigenvalue weighted by Gasteiger charge is -2.24. The number of nitrogens with zero attached hydrogens (tertiary/aromatic N) is 3. The maximum absolute atomic E-state index is 14.4. The van der Waals surface area contributed by atoms with E-state index in [0.717, 1.165) is 29.7 Å². The summed E-state index contributed by atoms with van der Waals surface area (Å²) in [5, 5.41) is 11.3. The lowest BCUT2D eigenvalue weighted by molar-refractivity contribution is 0.0715. The van der Waals surface area contributed by atoms with E-state index in [4.69, 9.17) is 4.42 Å². The first kappa shape index (κ1) is 32.2. The Morgan fingerprint density at radius 1 is 1.07 bits per heavy atom. The van der Waals surface area contributed by atoms with Crippen LogP contribution in [-0.4, -0.2) is 44.3 Å². The fraction of sp³-hybridized carbons (Fsp3) is 0.405. The van der Waals surface area contributed by atoms with Gasteiger partial charge in [0, 0.05) is 42.0 Å². The quantitative estimate of drug-likeness (QED) is 0.159. The van der Waals surface area contributed by atoms with Crippen LogP contribution in [0.25, 0.3) is 0 Å². The van der Waals surface area contributed by atoms with Gasteiger partial charge in [-0.2, -0.15) is 0 Å². The van der Waals surface area contributed by atoms with Gasteiger partial charge in [-0.3, -0.25) is 14.6 Å². The summed E-state index contributed by atoms with van der Waals surface area (Å²) < 4.78 is 20.0. The smallest absolute Gasteiger partial charge is 0.254 e. The molecule has 0 aliphatic carbocycles. The van der Waals surface area contributed by atoms with Crippen LogP contribution in [0.5, 0.6) is 0 Å². The number of oxazole rings is 1. The Balaban J connectivity index is 1.26. The summed E-state index contributed by atoms with van der Waals surface area (Å²) in [7, 11) is 0. The van der Waals surface area contributed by atoms with Crippen molar-refractivity contribution in [2.75, 3.05) is 6.54 Å². The number of hydrogen-bond donors (Lipinski definition) is 1. The van der Waals surface area contributed by atoms with Crippen molar-refractivity contribution in [1.29, 1.82) is 0 Å². The second kappa shape index (κ2) is 14.3. The van der Waals surface area contributed by atoms with Gasteiger partial charge >= 0.3 is 0 Å². The van der Waals surface area contributed by atoms with Crippen molar-refractivity contribution < 1.29 is 23.5 Å². The van der Waals surface area contributed by atoms with Gasteiger partial charge in [-0.1, -0.05) is 42.5 Å². The van der Waals surface area contributed by atoms with E-state index < -0.39 is 11.8 Å². The number of aryl methyl sites for hydroxylation is 2. The molecule has 0 bridgehead atoms. The molecule has 1 aliphatic heterocycles. The Bertz CT molecular complexity index is 1600. The number of aliphatic hydroxyl groups is 1. The Hall–Kier alpha value is -4.17. The van der Waals surface area contributed by atoms with Gasteiger partial charge in [-0.05, 0) is 94.5 Å². The highest BCUT2D eigenvalue weighted by Crippen LogP contribution is 2.33. The molecule has 2 aromatic heterocycles. The van der Waals surface area contributed by atoms with Gasteiger partial charge in [0.05, 0.1) is 11.8 Å². The topological polar surface area (TPSA) is 96.5 Å². The van der Waals surface area contributed by atoms with Crippen LogP contribution in [0.1, 0.15) is 101 Å². The molecule has 0 spiro atoms. The van der Waals surface area contributed by atoms with Crippen LogP contribution in [0.4, 0.5) is 4.39 Å². The van der Waals surface area contributed by atoms with Crippen molar-refractivity contribution in [2.24, 2.45) is 5.92 Å². The van der Waals surface area contributed by atoms with Crippen molar-refractivity contribution in [2.45, 2.75) is 83.5 Å². The molecule has 1 amide bonds. The average Bonchev–Trinajstić information content (AvgIpc) is 3.70. The fourth-order valence-corrected chi connectivity index (χ4v) is 6.10. The minimum atomic E-state index is -1.47. The van der Waals surface area contributed by atoms with Crippen LogP contribution in [-0.2, 0) is 18.5 Å². The zero-order chi connectivity index (χ0) is 32.0. The first-order valence-electron chi connectivity index (χ1n) is 15.8. The van der Waals surface area contributed by atoms with E-state index in [1.165, 1.54) is 13.8 Å². The normalized spacial score (nSPS) is 16.5. The number of alkyl halides is 1. The number of likely N-dealkylation sites (tertiary alicyclic amines) is 1. The highest BCUT2D eigenvalue weighted by Gasteiger charge is 2.34. The van der Waals surface area contributed by atoms with Gasteiger partial charge in [-0.15, -0.1) is 0 Å². The molecule has 1 N–H and O–H groups in total. The van der Waals surface area contributed by atoms with Gasteiger partial charge in [0.2, 0.25) is 5.89 Å². The minimum absolute atomic E-state index is 0.118. The number of rotatable bonds is 13.